The molecule has 27 heavy (non-hydrogen) atoms. The van der Waals surface area contributed by atoms with Crippen molar-refractivity contribution >= 4 is 11.8 Å². The summed E-state index contributed by atoms with van der Waals surface area (Å²) in [4.78, 5) is 29.0. The molecule has 0 spiro atoms. The van der Waals surface area contributed by atoms with Crippen molar-refractivity contribution in [3.05, 3.63) is 65.2 Å². The molecule has 1 saturated heterocycles. The Bertz CT molecular complexity index is 847. The van der Waals surface area contributed by atoms with Crippen molar-refractivity contribution in [2.45, 2.75) is 31.8 Å². The van der Waals surface area contributed by atoms with Gasteiger partial charge in [-0.2, -0.15) is 0 Å². The normalized spacial score (nSPS) is 20.0. The molecule has 0 radical (unpaired) electrons. The van der Waals surface area contributed by atoms with Crippen LogP contribution in [0.25, 0.3) is 0 Å². The Hall–Kier alpha value is -2.66. The van der Waals surface area contributed by atoms with Crippen LogP contribution in [0.15, 0.2) is 48.5 Å². The number of hydrogen-bond donors (Lipinski definition) is 0. The van der Waals surface area contributed by atoms with Crippen LogP contribution in [0.3, 0.4) is 0 Å². The lowest BCUT2D eigenvalue weighted by atomic mass is 9.98. The molecule has 2 aromatic carbocycles. The summed E-state index contributed by atoms with van der Waals surface area (Å²) in [6.07, 6.45) is 1.89. The van der Waals surface area contributed by atoms with Crippen LogP contribution in [0.4, 0.5) is 0 Å². The van der Waals surface area contributed by atoms with Crippen molar-refractivity contribution in [2.24, 2.45) is 0 Å². The lowest BCUT2D eigenvalue weighted by molar-refractivity contribution is -0.139. The number of fused-ring (bicyclic) bond motifs is 1. The summed E-state index contributed by atoms with van der Waals surface area (Å²) in [5, 5.41) is 0. The Morgan fingerprint density at radius 2 is 1.78 bits per heavy atom. The molecule has 2 aliphatic heterocycles. The first-order chi connectivity index (χ1) is 13.2. The van der Waals surface area contributed by atoms with Crippen molar-refractivity contribution in [1.29, 1.82) is 0 Å². The van der Waals surface area contributed by atoms with Gasteiger partial charge in [0.25, 0.3) is 0 Å². The number of ether oxygens (including phenoxy) is 1. The SMILES string of the molecule is COc1ccc(CCN2C(=O)C[C@@H](N3CCc4ccccc4C3)C2=O)cc1. The van der Waals surface area contributed by atoms with E-state index < -0.39 is 0 Å². The summed E-state index contributed by atoms with van der Waals surface area (Å²) >= 11 is 0. The summed E-state index contributed by atoms with van der Waals surface area (Å²) in [6, 6.07) is 15.8. The van der Waals surface area contributed by atoms with Gasteiger partial charge in [-0.1, -0.05) is 36.4 Å². The molecule has 2 aromatic rings. The third kappa shape index (κ3) is 3.60. The minimum atomic E-state index is -0.318. The van der Waals surface area contributed by atoms with Gasteiger partial charge in [-0.25, -0.2) is 0 Å². The minimum absolute atomic E-state index is 0.0482. The number of hydrogen-bond acceptors (Lipinski definition) is 4. The Kier molecular flexibility index (Phi) is 4.94. The molecular formula is C22H24N2O3. The standard InChI is InChI=1S/C22H24N2O3/c1-27-19-8-6-16(7-9-19)10-13-24-21(25)14-20(22(24)26)23-12-11-17-4-2-3-5-18(17)15-23/h2-9,20H,10-15H2,1H3/t20-/m1/s1. The van der Waals surface area contributed by atoms with Crippen LogP contribution in [-0.2, 0) is 29.0 Å². The first kappa shape index (κ1) is 17.7. The second kappa shape index (κ2) is 7.53. The smallest absolute Gasteiger partial charge is 0.247 e. The van der Waals surface area contributed by atoms with E-state index in [0.717, 1.165) is 30.8 Å². The molecule has 0 N–H and O–H groups in total. The summed E-state index contributed by atoms with van der Waals surface area (Å²) in [6.45, 7) is 2.00. The molecule has 1 fully saturated rings. The van der Waals surface area contributed by atoms with E-state index in [9.17, 15) is 9.59 Å². The maximum atomic E-state index is 12.9. The van der Waals surface area contributed by atoms with E-state index in [1.807, 2.05) is 30.3 Å². The van der Waals surface area contributed by atoms with Gasteiger partial charge in [0.1, 0.15) is 5.75 Å². The third-order valence-corrected chi connectivity index (χ3v) is 5.60. The fourth-order valence-electron chi connectivity index (χ4n) is 4.00. The zero-order valence-corrected chi connectivity index (χ0v) is 15.6. The van der Waals surface area contributed by atoms with E-state index in [0.29, 0.717) is 19.4 Å². The molecular weight excluding hydrogens is 340 g/mol. The van der Waals surface area contributed by atoms with E-state index in [1.165, 1.54) is 16.0 Å². The Morgan fingerprint density at radius 3 is 2.52 bits per heavy atom. The summed E-state index contributed by atoms with van der Waals surface area (Å²) in [5.41, 5.74) is 3.70. The monoisotopic (exact) mass is 364 g/mol. The van der Waals surface area contributed by atoms with Gasteiger partial charge in [0.2, 0.25) is 11.8 Å². The van der Waals surface area contributed by atoms with E-state index in [4.69, 9.17) is 4.74 Å². The maximum Gasteiger partial charge on any atom is 0.247 e. The van der Waals surface area contributed by atoms with Gasteiger partial charge in [-0.05, 0) is 41.7 Å². The van der Waals surface area contributed by atoms with Crippen LogP contribution in [0.5, 0.6) is 5.75 Å². The van der Waals surface area contributed by atoms with E-state index in [1.54, 1.807) is 7.11 Å². The Balaban J connectivity index is 1.40. The predicted octanol–water partition coefficient (Wildman–Crippen LogP) is 2.42. The first-order valence-corrected chi connectivity index (χ1v) is 9.43. The number of methoxy groups -OCH3 is 1. The molecule has 1 atom stereocenters. The molecule has 2 heterocycles. The highest BCUT2D eigenvalue weighted by molar-refractivity contribution is 6.05. The fourth-order valence-corrected chi connectivity index (χ4v) is 4.00. The predicted molar refractivity (Wildman–Crippen MR) is 102 cm³/mol. The van der Waals surface area contributed by atoms with Crippen molar-refractivity contribution in [1.82, 2.24) is 9.80 Å². The van der Waals surface area contributed by atoms with Crippen molar-refractivity contribution in [2.75, 3.05) is 20.2 Å². The quantitative estimate of drug-likeness (QED) is 0.765. The zero-order valence-electron chi connectivity index (χ0n) is 15.6. The second-order valence-electron chi connectivity index (χ2n) is 7.19. The highest BCUT2D eigenvalue weighted by Crippen LogP contribution is 2.26. The zero-order chi connectivity index (χ0) is 18.8. The molecule has 2 aliphatic rings. The summed E-state index contributed by atoms with van der Waals surface area (Å²) < 4.78 is 5.16. The van der Waals surface area contributed by atoms with Gasteiger partial charge in [-0.15, -0.1) is 0 Å². The summed E-state index contributed by atoms with van der Waals surface area (Å²) in [5.74, 6) is 0.697. The minimum Gasteiger partial charge on any atom is -0.497 e. The average Bonchev–Trinajstić information content (AvgIpc) is 3.00. The number of carbonyl (C=O) groups is 2. The molecule has 140 valence electrons. The largest absolute Gasteiger partial charge is 0.497 e. The number of nitrogens with zero attached hydrogens (tertiary/aromatic N) is 2. The van der Waals surface area contributed by atoms with Gasteiger partial charge in [0.15, 0.2) is 0 Å². The van der Waals surface area contributed by atoms with E-state index >= 15 is 0 Å². The van der Waals surface area contributed by atoms with Gasteiger partial charge < -0.3 is 4.74 Å². The van der Waals surface area contributed by atoms with Gasteiger partial charge in [0, 0.05) is 19.6 Å². The molecule has 4 rings (SSSR count). The molecule has 0 saturated carbocycles. The van der Waals surface area contributed by atoms with E-state index in [2.05, 4.69) is 23.1 Å². The number of imide groups is 1. The topological polar surface area (TPSA) is 49.9 Å². The van der Waals surface area contributed by atoms with E-state index in [-0.39, 0.29) is 17.9 Å². The van der Waals surface area contributed by atoms with Crippen LogP contribution >= 0.6 is 0 Å². The molecule has 0 unspecified atom stereocenters. The lowest BCUT2D eigenvalue weighted by Crippen LogP contribution is -2.44. The molecule has 2 amide bonds. The van der Waals surface area contributed by atoms with Crippen LogP contribution in [0.1, 0.15) is 23.1 Å². The van der Waals surface area contributed by atoms with Crippen LogP contribution in [0, 0.1) is 0 Å². The Morgan fingerprint density at radius 1 is 1.04 bits per heavy atom. The number of amides is 2. The second-order valence-corrected chi connectivity index (χ2v) is 7.19. The highest BCUT2D eigenvalue weighted by atomic mass is 16.5. The molecule has 5 heteroatoms. The molecule has 0 aromatic heterocycles. The van der Waals surface area contributed by atoms with Crippen molar-refractivity contribution in [3.63, 3.8) is 0 Å². The molecule has 0 bridgehead atoms. The number of rotatable bonds is 5. The molecule has 5 nitrogen and oxygen atoms in total. The van der Waals surface area contributed by atoms with Crippen molar-refractivity contribution in [3.8, 4) is 5.75 Å². The van der Waals surface area contributed by atoms with Crippen molar-refractivity contribution < 1.29 is 14.3 Å². The van der Waals surface area contributed by atoms with Gasteiger partial charge >= 0.3 is 0 Å². The fraction of sp³-hybridized carbons (Fsp3) is 0.364. The first-order valence-electron chi connectivity index (χ1n) is 9.43. The highest BCUT2D eigenvalue weighted by Gasteiger charge is 2.42. The number of likely N-dealkylation sites (tertiary alicyclic amines) is 1. The maximum absolute atomic E-state index is 12.9. The average molecular weight is 364 g/mol. The van der Waals surface area contributed by atoms with Crippen LogP contribution < -0.4 is 4.74 Å². The molecule has 0 aliphatic carbocycles. The summed E-state index contributed by atoms with van der Waals surface area (Å²) in [7, 11) is 1.63. The number of carbonyl (C=O) groups excluding carboxylic acids is 2. The Labute approximate surface area is 159 Å². The lowest BCUT2D eigenvalue weighted by Gasteiger charge is -2.32. The van der Waals surface area contributed by atoms with Crippen LogP contribution in [0.2, 0.25) is 0 Å². The van der Waals surface area contributed by atoms with Crippen LogP contribution in [-0.4, -0.2) is 47.9 Å². The third-order valence-electron chi connectivity index (χ3n) is 5.60. The van der Waals surface area contributed by atoms with Gasteiger partial charge in [-0.3, -0.25) is 19.4 Å². The van der Waals surface area contributed by atoms with Gasteiger partial charge in [0.05, 0.1) is 19.6 Å². The number of benzene rings is 2.